The van der Waals surface area contributed by atoms with Crippen molar-refractivity contribution >= 4 is 22.9 Å². The highest BCUT2D eigenvalue weighted by Crippen LogP contribution is 2.45. The molecule has 0 spiro atoms. The van der Waals surface area contributed by atoms with E-state index in [9.17, 15) is 14.7 Å². The highest BCUT2D eigenvalue weighted by molar-refractivity contribution is 5.82. The van der Waals surface area contributed by atoms with Crippen LogP contribution in [0.25, 0.3) is 11.2 Å². The second kappa shape index (κ2) is 11.5. The SMILES string of the molecule is COc1ccc(C(CC(=O)NCCNc2ncnc3nc[nH]c23)c2c(O)cc(C)oc2=O)c(OC)c1OC. The van der Waals surface area contributed by atoms with Crippen molar-refractivity contribution in [2.75, 3.05) is 39.7 Å². The summed E-state index contributed by atoms with van der Waals surface area (Å²) in [5.41, 5.74) is 0.784. The van der Waals surface area contributed by atoms with E-state index in [0.717, 1.165) is 0 Å². The summed E-state index contributed by atoms with van der Waals surface area (Å²) in [6.07, 6.45) is 2.72. The van der Waals surface area contributed by atoms with Crippen LogP contribution in [-0.2, 0) is 4.79 Å². The fourth-order valence-electron chi connectivity index (χ4n) is 4.23. The van der Waals surface area contributed by atoms with E-state index in [1.165, 1.54) is 40.1 Å². The number of aromatic nitrogens is 4. The maximum absolute atomic E-state index is 13.1. The van der Waals surface area contributed by atoms with Crippen LogP contribution >= 0.6 is 0 Å². The minimum absolute atomic E-state index is 0.0722. The summed E-state index contributed by atoms with van der Waals surface area (Å²) in [5, 5.41) is 16.6. The smallest absolute Gasteiger partial charge is 0.343 e. The van der Waals surface area contributed by atoms with Crippen LogP contribution in [0.5, 0.6) is 23.0 Å². The predicted octanol–water partition coefficient (Wildman–Crippen LogP) is 2.10. The normalized spacial score (nSPS) is 11.7. The highest BCUT2D eigenvalue weighted by Gasteiger charge is 2.30. The van der Waals surface area contributed by atoms with Gasteiger partial charge in [0.1, 0.15) is 23.4 Å². The number of amides is 1. The van der Waals surface area contributed by atoms with E-state index >= 15 is 0 Å². The van der Waals surface area contributed by atoms with Gasteiger partial charge >= 0.3 is 5.63 Å². The fourth-order valence-corrected chi connectivity index (χ4v) is 4.23. The first-order chi connectivity index (χ1) is 18.4. The van der Waals surface area contributed by atoms with Crippen molar-refractivity contribution in [2.45, 2.75) is 19.3 Å². The number of imidazole rings is 1. The third kappa shape index (κ3) is 5.31. The van der Waals surface area contributed by atoms with Crippen LogP contribution in [0.4, 0.5) is 5.82 Å². The summed E-state index contributed by atoms with van der Waals surface area (Å²) >= 11 is 0. The van der Waals surface area contributed by atoms with Crippen molar-refractivity contribution in [3.05, 3.63) is 58.2 Å². The molecule has 13 heteroatoms. The van der Waals surface area contributed by atoms with Gasteiger partial charge in [-0.3, -0.25) is 4.79 Å². The van der Waals surface area contributed by atoms with E-state index < -0.39 is 11.5 Å². The Morgan fingerprint density at radius 3 is 2.61 bits per heavy atom. The van der Waals surface area contributed by atoms with E-state index in [4.69, 9.17) is 18.6 Å². The maximum Gasteiger partial charge on any atom is 0.343 e. The molecule has 13 nitrogen and oxygen atoms in total. The molecule has 0 bridgehead atoms. The summed E-state index contributed by atoms with van der Waals surface area (Å²) in [6.45, 7) is 2.16. The lowest BCUT2D eigenvalue weighted by molar-refractivity contribution is -0.121. The average Bonchev–Trinajstić information content (AvgIpc) is 3.38. The van der Waals surface area contributed by atoms with Gasteiger partial charge in [0.05, 0.1) is 33.2 Å². The van der Waals surface area contributed by atoms with Crippen LogP contribution < -0.4 is 30.5 Å². The summed E-state index contributed by atoms with van der Waals surface area (Å²) in [5.74, 6) is 0.160. The van der Waals surface area contributed by atoms with Gasteiger partial charge < -0.3 is 39.4 Å². The molecule has 0 aliphatic heterocycles. The Bertz CT molecular complexity index is 1500. The predicted molar refractivity (Wildman–Crippen MR) is 137 cm³/mol. The van der Waals surface area contributed by atoms with Crippen LogP contribution in [0.15, 0.2) is 40.1 Å². The molecule has 0 saturated heterocycles. The molecule has 3 aromatic heterocycles. The summed E-state index contributed by atoms with van der Waals surface area (Å²) < 4.78 is 21.7. The molecule has 1 atom stereocenters. The largest absolute Gasteiger partial charge is 0.507 e. The molecular formula is C25H28N6O7. The van der Waals surface area contributed by atoms with Crippen LogP contribution in [0.1, 0.15) is 29.2 Å². The summed E-state index contributed by atoms with van der Waals surface area (Å²) in [7, 11) is 4.37. The molecule has 1 aromatic carbocycles. The van der Waals surface area contributed by atoms with E-state index in [1.807, 2.05) is 0 Å². The van der Waals surface area contributed by atoms with Crippen molar-refractivity contribution in [1.82, 2.24) is 25.3 Å². The number of H-pyrrole nitrogens is 1. The molecule has 38 heavy (non-hydrogen) atoms. The van der Waals surface area contributed by atoms with E-state index in [1.54, 1.807) is 19.1 Å². The minimum Gasteiger partial charge on any atom is -0.507 e. The van der Waals surface area contributed by atoms with Gasteiger partial charge in [0.25, 0.3) is 0 Å². The van der Waals surface area contributed by atoms with Crippen LogP contribution in [-0.4, -0.2) is 65.4 Å². The molecule has 1 unspecified atom stereocenters. The number of hydrogen-bond acceptors (Lipinski definition) is 11. The number of fused-ring (bicyclic) bond motifs is 1. The monoisotopic (exact) mass is 524 g/mol. The first kappa shape index (κ1) is 26.3. The number of rotatable bonds is 11. The van der Waals surface area contributed by atoms with Gasteiger partial charge in [-0.15, -0.1) is 0 Å². The number of aromatic amines is 1. The number of aryl methyl sites for hydroxylation is 1. The molecule has 0 saturated carbocycles. The first-order valence-corrected chi connectivity index (χ1v) is 11.6. The van der Waals surface area contributed by atoms with Gasteiger partial charge in [-0.2, -0.15) is 0 Å². The molecule has 1 amide bonds. The Balaban J connectivity index is 1.57. The third-order valence-electron chi connectivity index (χ3n) is 5.90. The number of anilines is 1. The van der Waals surface area contributed by atoms with Crippen LogP contribution in [0, 0.1) is 6.92 Å². The fraction of sp³-hybridized carbons (Fsp3) is 0.320. The number of ether oxygens (including phenoxy) is 3. The maximum atomic E-state index is 13.1. The van der Waals surface area contributed by atoms with Crippen LogP contribution in [0.3, 0.4) is 0 Å². The molecule has 0 aliphatic carbocycles. The number of nitrogens with one attached hydrogen (secondary N) is 3. The molecule has 0 radical (unpaired) electrons. The van der Waals surface area contributed by atoms with Crippen LogP contribution in [0.2, 0.25) is 0 Å². The van der Waals surface area contributed by atoms with Gasteiger partial charge in [0.15, 0.2) is 23.0 Å². The molecular weight excluding hydrogens is 496 g/mol. The van der Waals surface area contributed by atoms with Crippen molar-refractivity contribution < 1.29 is 28.5 Å². The lowest BCUT2D eigenvalue weighted by atomic mass is 9.87. The minimum atomic E-state index is -0.916. The lowest BCUT2D eigenvalue weighted by Crippen LogP contribution is -2.31. The highest BCUT2D eigenvalue weighted by atomic mass is 16.5. The van der Waals surface area contributed by atoms with E-state index in [2.05, 4.69) is 30.6 Å². The van der Waals surface area contributed by atoms with Gasteiger partial charge in [-0.25, -0.2) is 19.7 Å². The number of aromatic hydroxyl groups is 1. The third-order valence-corrected chi connectivity index (χ3v) is 5.90. The van der Waals surface area contributed by atoms with Crippen molar-refractivity contribution in [3.63, 3.8) is 0 Å². The van der Waals surface area contributed by atoms with Crippen molar-refractivity contribution in [1.29, 1.82) is 0 Å². The molecule has 4 rings (SSSR count). The molecule has 0 aliphatic rings. The number of carbonyl (C=O) groups excluding carboxylic acids is 1. The van der Waals surface area contributed by atoms with Crippen molar-refractivity contribution in [3.8, 4) is 23.0 Å². The Morgan fingerprint density at radius 1 is 1.11 bits per heavy atom. The zero-order valence-electron chi connectivity index (χ0n) is 21.3. The number of benzene rings is 1. The molecule has 3 heterocycles. The molecule has 4 aromatic rings. The Kier molecular flexibility index (Phi) is 7.94. The van der Waals surface area contributed by atoms with Gasteiger partial charge in [-0.05, 0) is 13.0 Å². The standard InChI is InChI=1S/C25H28N6O7/c1-13-9-16(32)19(25(34)38-13)15(14-5-6-17(35-2)22(37-4)21(14)36-3)10-18(33)26-7-8-27-23-20-24(29-11-28-20)31-12-30-23/h5-6,9,11-12,15,32H,7-8,10H2,1-4H3,(H,26,33)(H2,27,28,29,30,31). The Labute approximate surface area is 217 Å². The van der Waals surface area contributed by atoms with Gasteiger partial charge in [0, 0.05) is 37.1 Å². The lowest BCUT2D eigenvalue weighted by Gasteiger charge is -2.22. The Morgan fingerprint density at radius 2 is 1.89 bits per heavy atom. The van der Waals surface area contributed by atoms with Crippen molar-refractivity contribution in [2.24, 2.45) is 0 Å². The molecule has 0 fully saturated rings. The summed E-state index contributed by atoms with van der Waals surface area (Å²) in [6, 6.07) is 4.62. The number of carbonyl (C=O) groups is 1. The number of methoxy groups -OCH3 is 3. The number of hydrogen-bond donors (Lipinski definition) is 4. The Hall–Kier alpha value is -4.81. The quantitative estimate of drug-likeness (QED) is 0.212. The second-order valence-electron chi connectivity index (χ2n) is 8.22. The number of nitrogens with zero attached hydrogens (tertiary/aromatic N) is 3. The average molecular weight is 525 g/mol. The van der Waals surface area contributed by atoms with Gasteiger partial charge in [-0.1, -0.05) is 6.07 Å². The first-order valence-electron chi connectivity index (χ1n) is 11.6. The second-order valence-corrected chi connectivity index (χ2v) is 8.22. The van der Waals surface area contributed by atoms with E-state index in [-0.39, 0.29) is 47.4 Å². The molecule has 4 N–H and O–H groups in total. The van der Waals surface area contributed by atoms with Gasteiger partial charge in [0.2, 0.25) is 11.7 Å². The van der Waals surface area contributed by atoms with E-state index in [0.29, 0.717) is 34.8 Å². The zero-order chi connectivity index (χ0) is 27.2. The topological polar surface area (TPSA) is 174 Å². The summed E-state index contributed by atoms with van der Waals surface area (Å²) in [4.78, 5) is 41.2. The molecule has 200 valence electrons. The zero-order valence-corrected chi connectivity index (χ0v) is 21.3.